The molecule has 0 radical (unpaired) electrons. The zero-order valence-electron chi connectivity index (χ0n) is 16.4. The van der Waals surface area contributed by atoms with Gasteiger partial charge in [0.2, 0.25) is 0 Å². The van der Waals surface area contributed by atoms with Crippen molar-refractivity contribution in [3.05, 3.63) is 76.0 Å². The average molecular weight is 461 g/mol. The van der Waals surface area contributed by atoms with Crippen molar-refractivity contribution in [1.29, 1.82) is 0 Å². The number of carbonyl (C=O) groups is 2. The summed E-state index contributed by atoms with van der Waals surface area (Å²) in [4.78, 5) is 23.6. The zero-order chi connectivity index (χ0) is 22.2. The van der Waals surface area contributed by atoms with Gasteiger partial charge in [-0.15, -0.1) is 0 Å². The van der Waals surface area contributed by atoms with Crippen LogP contribution in [0.3, 0.4) is 0 Å². The molecule has 0 fully saturated rings. The van der Waals surface area contributed by atoms with Crippen LogP contribution in [0.15, 0.2) is 64.1 Å². The molecular formula is C22H18Cl2N2O5. The highest BCUT2D eigenvalue weighted by Crippen LogP contribution is 2.27. The first kappa shape index (κ1) is 22.4. The molecule has 0 aliphatic rings. The van der Waals surface area contributed by atoms with E-state index in [9.17, 15) is 9.59 Å². The number of furan rings is 1. The van der Waals surface area contributed by atoms with Crippen LogP contribution >= 0.6 is 23.2 Å². The summed E-state index contributed by atoms with van der Waals surface area (Å²) in [5, 5.41) is 4.63. The van der Waals surface area contributed by atoms with E-state index in [-0.39, 0.29) is 12.6 Å². The van der Waals surface area contributed by atoms with Crippen molar-refractivity contribution in [2.24, 2.45) is 5.10 Å². The summed E-state index contributed by atoms with van der Waals surface area (Å²) in [6, 6.07) is 15.0. The molecule has 0 atom stereocenters. The molecule has 1 aromatic heterocycles. The first-order valence-electron chi connectivity index (χ1n) is 9.23. The highest BCUT2D eigenvalue weighted by molar-refractivity contribution is 6.34. The molecule has 1 amide bonds. The fourth-order valence-corrected chi connectivity index (χ4v) is 2.83. The van der Waals surface area contributed by atoms with Crippen LogP contribution in [0.5, 0.6) is 5.75 Å². The molecule has 0 bridgehead atoms. The predicted molar refractivity (Wildman–Crippen MR) is 118 cm³/mol. The third kappa shape index (κ3) is 6.34. The van der Waals surface area contributed by atoms with Gasteiger partial charge in [0.1, 0.15) is 17.3 Å². The molecule has 3 rings (SSSR count). The predicted octanol–water partition coefficient (Wildman–Crippen LogP) is 4.96. The molecule has 9 heteroatoms. The number of nitrogens with one attached hydrogen (secondary N) is 1. The summed E-state index contributed by atoms with van der Waals surface area (Å²) in [6.45, 7) is 1.79. The van der Waals surface area contributed by atoms with Crippen molar-refractivity contribution in [2.45, 2.75) is 6.92 Å². The fourth-order valence-electron chi connectivity index (χ4n) is 2.49. The lowest BCUT2D eigenvalue weighted by molar-refractivity contribution is -0.123. The smallest absolute Gasteiger partial charge is 0.338 e. The van der Waals surface area contributed by atoms with E-state index in [1.54, 1.807) is 55.5 Å². The lowest BCUT2D eigenvalue weighted by Gasteiger charge is -2.07. The number of ether oxygens (including phenoxy) is 2. The van der Waals surface area contributed by atoms with Crippen LogP contribution in [0.1, 0.15) is 23.0 Å². The standard InChI is InChI=1S/C22H18Cl2N2O5/c1-2-29-22(28)15-5-3-14(4-6-15)19-10-8-17(31-19)12-25-26-21(27)13-30-20-11-16(23)7-9-18(20)24/h3-12H,2,13H2,1H3,(H,26,27). The monoisotopic (exact) mass is 460 g/mol. The molecule has 0 spiro atoms. The van der Waals surface area contributed by atoms with E-state index in [1.165, 1.54) is 12.3 Å². The number of hydrogen-bond acceptors (Lipinski definition) is 6. The van der Waals surface area contributed by atoms with E-state index < -0.39 is 5.91 Å². The Hall–Kier alpha value is -3.29. The second-order valence-electron chi connectivity index (χ2n) is 6.16. The van der Waals surface area contributed by atoms with Crippen molar-refractivity contribution in [3.63, 3.8) is 0 Å². The Labute approximate surface area is 188 Å². The molecule has 0 saturated heterocycles. The van der Waals surface area contributed by atoms with Crippen molar-refractivity contribution in [1.82, 2.24) is 5.43 Å². The van der Waals surface area contributed by atoms with Gasteiger partial charge >= 0.3 is 5.97 Å². The van der Waals surface area contributed by atoms with Gasteiger partial charge in [-0.3, -0.25) is 4.79 Å². The Morgan fingerprint density at radius 1 is 1.10 bits per heavy atom. The highest BCUT2D eigenvalue weighted by atomic mass is 35.5. The summed E-state index contributed by atoms with van der Waals surface area (Å²) in [7, 11) is 0. The van der Waals surface area contributed by atoms with Gasteiger partial charge < -0.3 is 13.9 Å². The van der Waals surface area contributed by atoms with E-state index in [0.717, 1.165) is 5.56 Å². The molecule has 0 aliphatic heterocycles. The van der Waals surface area contributed by atoms with Crippen LogP contribution < -0.4 is 10.2 Å². The number of benzene rings is 2. The van der Waals surface area contributed by atoms with Crippen molar-refractivity contribution >= 4 is 41.3 Å². The number of esters is 1. The molecule has 1 N–H and O–H groups in total. The van der Waals surface area contributed by atoms with Crippen LogP contribution in [0, 0.1) is 0 Å². The maximum Gasteiger partial charge on any atom is 0.338 e. The molecule has 31 heavy (non-hydrogen) atoms. The normalized spacial score (nSPS) is 10.8. The first-order valence-corrected chi connectivity index (χ1v) is 9.99. The number of hydrogen-bond donors (Lipinski definition) is 1. The number of hydrazone groups is 1. The van der Waals surface area contributed by atoms with Gasteiger partial charge in [0.25, 0.3) is 5.91 Å². The number of nitrogens with zero attached hydrogens (tertiary/aromatic N) is 1. The summed E-state index contributed by atoms with van der Waals surface area (Å²) in [6.07, 6.45) is 1.36. The largest absolute Gasteiger partial charge is 0.482 e. The molecule has 0 saturated carbocycles. The molecule has 3 aromatic rings. The van der Waals surface area contributed by atoms with Crippen LogP contribution in [0.4, 0.5) is 0 Å². The van der Waals surface area contributed by atoms with Crippen LogP contribution in [0.2, 0.25) is 10.0 Å². The zero-order valence-corrected chi connectivity index (χ0v) is 17.9. The minimum Gasteiger partial charge on any atom is -0.482 e. The van der Waals surface area contributed by atoms with Crippen molar-refractivity contribution in [3.8, 4) is 17.1 Å². The Kier molecular flexibility index (Phi) is 7.70. The lowest BCUT2D eigenvalue weighted by atomic mass is 10.1. The summed E-state index contributed by atoms with van der Waals surface area (Å²) in [5.74, 6) is 0.468. The van der Waals surface area contributed by atoms with Crippen LogP contribution in [-0.4, -0.2) is 31.3 Å². The number of carbonyl (C=O) groups excluding carboxylic acids is 2. The minimum absolute atomic E-state index is 0.284. The maximum atomic E-state index is 11.9. The SMILES string of the molecule is CCOC(=O)c1ccc(-c2ccc(C=NNC(=O)COc3cc(Cl)ccc3Cl)o2)cc1. The van der Waals surface area contributed by atoms with E-state index >= 15 is 0 Å². The minimum atomic E-state index is -0.478. The lowest BCUT2D eigenvalue weighted by Crippen LogP contribution is -2.24. The van der Waals surface area contributed by atoms with E-state index in [0.29, 0.717) is 39.5 Å². The van der Waals surface area contributed by atoms with Gasteiger partial charge in [-0.05, 0) is 43.3 Å². The summed E-state index contributed by atoms with van der Waals surface area (Å²) < 4.78 is 16.0. The van der Waals surface area contributed by atoms with Gasteiger partial charge in [0.05, 0.1) is 23.4 Å². The Morgan fingerprint density at radius 3 is 2.61 bits per heavy atom. The molecule has 0 aliphatic carbocycles. The Bertz CT molecular complexity index is 1090. The molecular weight excluding hydrogens is 443 g/mol. The number of halogens is 2. The topological polar surface area (TPSA) is 90.1 Å². The molecule has 160 valence electrons. The van der Waals surface area contributed by atoms with Gasteiger partial charge in [0, 0.05) is 16.7 Å². The Balaban J connectivity index is 1.52. The molecule has 0 unspecified atom stereocenters. The molecule has 1 heterocycles. The third-order valence-electron chi connectivity index (χ3n) is 3.94. The molecule has 2 aromatic carbocycles. The maximum absolute atomic E-state index is 11.9. The Morgan fingerprint density at radius 2 is 1.87 bits per heavy atom. The van der Waals surface area contributed by atoms with E-state index in [4.69, 9.17) is 37.1 Å². The first-order chi connectivity index (χ1) is 15.0. The van der Waals surface area contributed by atoms with Gasteiger partial charge in [-0.25, -0.2) is 10.2 Å². The van der Waals surface area contributed by atoms with Gasteiger partial charge in [-0.2, -0.15) is 5.10 Å². The second-order valence-corrected chi connectivity index (χ2v) is 7.00. The fraction of sp³-hybridized carbons (Fsp3) is 0.136. The number of rotatable bonds is 8. The highest BCUT2D eigenvalue weighted by Gasteiger charge is 2.09. The number of amides is 1. The van der Waals surface area contributed by atoms with Crippen molar-refractivity contribution in [2.75, 3.05) is 13.2 Å². The van der Waals surface area contributed by atoms with Gasteiger partial charge in [-0.1, -0.05) is 35.3 Å². The quantitative estimate of drug-likeness (QED) is 0.291. The molecule has 7 nitrogen and oxygen atoms in total. The second kappa shape index (κ2) is 10.7. The van der Waals surface area contributed by atoms with Crippen molar-refractivity contribution < 1.29 is 23.5 Å². The average Bonchev–Trinajstić information content (AvgIpc) is 3.23. The van der Waals surface area contributed by atoms with Crippen LogP contribution in [0.25, 0.3) is 11.3 Å². The van der Waals surface area contributed by atoms with Crippen LogP contribution in [-0.2, 0) is 9.53 Å². The third-order valence-corrected chi connectivity index (χ3v) is 4.49. The van der Waals surface area contributed by atoms with Gasteiger partial charge in [0.15, 0.2) is 6.61 Å². The summed E-state index contributed by atoms with van der Waals surface area (Å²) in [5.41, 5.74) is 3.58. The summed E-state index contributed by atoms with van der Waals surface area (Å²) >= 11 is 11.8. The van der Waals surface area contributed by atoms with E-state index in [1.807, 2.05) is 0 Å². The van der Waals surface area contributed by atoms with E-state index in [2.05, 4.69) is 10.5 Å².